The summed E-state index contributed by atoms with van der Waals surface area (Å²) >= 11 is 0. The Morgan fingerprint density at radius 3 is 1.58 bits per heavy atom. The third kappa shape index (κ3) is 2.67. The van der Waals surface area contributed by atoms with Gasteiger partial charge in [-0.25, -0.2) is 8.78 Å². The van der Waals surface area contributed by atoms with Crippen LogP contribution in [0.1, 0.15) is 23.0 Å². The highest BCUT2D eigenvalue weighted by atomic mass is 19.1. The molecule has 0 saturated heterocycles. The van der Waals surface area contributed by atoms with Crippen LogP contribution in [0.15, 0.2) is 83.7 Å². The van der Waals surface area contributed by atoms with Crippen LogP contribution in [-0.4, -0.2) is 0 Å². The predicted octanol–water partition coefficient (Wildman–Crippen LogP) is 5.77. The fourth-order valence-electron chi connectivity index (χ4n) is 3.35. The Morgan fingerprint density at radius 1 is 0.667 bits per heavy atom. The summed E-state index contributed by atoms with van der Waals surface area (Å²) in [4.78, 5) is 0. The standard InChI is InChI=1S/C21H14F3/c22-16-7-1-13(2-8-16)19-20(14-3-9-17(23)10-4-14)21(19)15-5-11-18(24)12-6-15/h1-12,19-20H/q+1. The van der Waals surface area contributed by atoms with Gasteiger partial charge in [0.2, 0.25) is 5.83 Å². The van der Waals surface area contributed by atoms with Crippen LogP contribution < -0.4 is 0 Å². The summed E-state index contributed by atoms with van der Waals surface area (Å²) in [6.07, 6.45) is 6.38. The first-order chi connectivity index (χ1) is 11.6. The molecule has 24 heavy (non-hydrogen) atoms. The van der Waals surface area contributed by atoms with Crippen molar-refractivity contribution in [3.63, 3.8) is 0 Å². The summed E-state index contributed by atoms with van der Waals surface area (Å²) in [5.41, 5.74) is 4.11. The molecule has 0 aliphatic heterocycles. The van der Waals surface area contributed by atoms with Crippen LogP contribution in [0.2, 0.25) is 0 Å². The number of halogens is 3. The lowest BCUT2D eigenvalue weighted by Crippen LogP contribution is -1.86. The van der Waals surface area contributed by atoms with Crippen LogP contribution in [0.3, 0.4) is 0 Å². The largest absolute Gasteiger partial charge is 0.207 e. The van der Waals surface area contributed by atoms with E-state index in [0.29, 0.717) is 0 Å². The highest BCUT2D eigenvalue weighted by Gasteiger charge is 2.52. The van der Waals surface area contributed by atoms with Crippen LogP contribution in [-0.2, 0) is 0 Å². The molecule has 0 nitrogen and oxygen atoms in total. The van der Waals surface area contributed by atoms with E-state index < -0.39 is 0 Å². The van der Waals surface area contributed by atoms with Crippen molar-refractivity contribution in [1.29, 1.82) is 0 Å². The summed E-state index contributed by atoms with van der Waals surface area (Å²) in [5.74, 6) is -0.637. The van der Waals surface area contributed by atoms with Gasteiger partial charge in [0, 0.05) is 18.1 Å². The fourth-order valence-corrected chi connectivity index (χ4v) is 3.35. The molecule has 2 aliphatic carbocycles. The molecule has 2 aromatic rings. The Balaban J connectivity index is 1.75. The van der Waals surface area contributed by atoms with Crippen molar-refractivity contribution in [3.8, 4) is 0 Å². The Morgan fingerprint density at radius 2 is 1.17 bits per heavy atom. The molecule has 0 heterocycles. The quantitative estimate of drug-likeness (QED) is 0.615. The lowest BCUT2D eigenvalue weighted by Gasteiger charge is -1.99. The van der Waals surface area contributed by atoms with Gasteiger partial charge in [-0.1, -0.05) is 24.3 Å². The van der Waals surface area contributed by atoms with E-state index in [1.54, 1.807) is 36.8 Å². The van der Waals surface area contributed by atoms with E-state index >= 15 is 0 Å². The summed E-state index contributed by atoms with van der Waals surface area (Å²) in [5, 5.41) is 0. The first kappa shape index (κ1) is 14.9. The van der Waals surface area contributed by atoms with E-state index in [1.807, 2.05) is 0 Å². The second-order valence-electron chi connectivity index (χ2n) is 6.02. The number of hydrogen-bond acceptors (Lipinski definition) is 0. The maximum Gasteiger partial charge on any atom is 0.204 e. The normalized spacial score (nSPS) is 22.2. The van der Waals surface area contributed by atoms with Crippen LogP contribution in [0, 0.1) is 18.1 Å². The molecule has 2 unspecified atom stereocenters. The SMILES string of the molecule is FC1=C[CH+]C(=C2C(c3ccc(F)cc3)C2c2ccc(F)cc2)C=C1. The molecule has 2 aliphatic rings. The van der Waals surface area contributed by atoms with Gasteiger partial charge in [0.15, 0.2) is 0 Å². The van der Waals surface area contributed by atoms with Crippen molar-refractivity contribution in [1.82, 2.24) is 0 Å². The van der Waals surface area contributed by atoms with Crippen LogP contribution >= 0.6 is 0 Å². The molecular formula is C21H14F3+. The van der Waals surface area contributed by atoms with Crippen molar-refractivity contribution in [2.75, 3.05) is 0 Å². The monoisotopic (exact) mass is 323 g/mol. The van der Waals surface area contributed by atoms with Gasteiger partial charge in [-0.2, -0.15) is 0 Å². The summed E-state index contributed by atoms with van der Waals surface area (Å²) in [7, 11) is 0. The molecule has 0 spiro atoms. The van der Waals surface area contributed by atoms with E-state index in [9.17, 15) is 13.2 Å². The number of allylic oxidation sites excluding steroid dienone is 6. The first-order valence-electron chi connectivity index (χ1n) is 7.77. The van der Waals surface area contributed by atoms with E-state index in [-0.39, 0.29) is 29.3 Å². The first-order valence-corrected chi connectivity index (χ1v) is 7.77. The van der Waals surface area contributed by atoms with Crippen molar-refractivity contribution in [2.24, 2.45) is 0 Å². The smallest absolute Gasteiger partial charge is 0.204 e. The predicted molar refractivity (Wildman–Crippen MR) is 87.9 cm³/mol. The summed E-state index contributed by atoms with van der Waals surface area (Å²) in [6, 6.07) is 12.9. The minimum Gasteiger partial charge on any atom is -0.207 e. The Labute approximate surface area is 138 Å². The zero-order chi connectivity index (χ0) is 16.7. The molecule has 0 radical (unpaired) electrons. The van der Waals surface area contributed by atoms with Gasteiger partial charge in [-0.05, 0) is 35.4 Å². The highest BCUT2D eigenvalue weighted by Crippen LogP contribution is 2.62. The average molecular weight is 323 g/mol. The van der Waals surface area contributed by atoms with Gasteiger partial charge in [0.05, 0.1) is 29.6 Å². The van der Waals surface area contributed by atoms with E-state index in [4.69, 9.17) is 0 Å². The molecule has 1 fully saturated rings. The number of rotatable bonds is 2. The van der Waals surface area contributed by atoms with E-state index in [0.717, 1.165) is 22.3 Å². The summed E-state index contributed by atoms with van der Waals surface area (Å²) < 4.78 is 39.6. The minimum absolute atomic E-state index is 0.0986. The van der Waals surface area contributed by atoms with Gasteiger partial charge in [0.25, 0.3) is 0 Å². The van der Waals surface area contributed by atoms with Gasteiger partial charge in [-0.3, -0.25) is 0 Å². The topological polar surface area (TPSA) is 0 Å². The summed E-state index contributed by atoms with van der Waals surface area (Å²) in [6.45, 7) is 0. The maximum atomic E-state index is 13.2. The molecule has 118 valence electrons. The van der Waals surface area contributed by atoms with Gasteiger partial charge >= 0.3 is 0 Å². The van der Waals surface area contributed by atoms with E-state index in [2.05, 4.69) is 0 Å². The van der Waals surface area contributed by atoms with Crippen molar-refractivity contribution >= 4 is 0 Å². The molecule has 0 amide bonds. The lowest BCUT2D eigenvalue weighted by atomic mass is 10.0. The van der Waals surface area contributed by atoms with Crippen molar-refractivity contribution < 1.29 is 13.2 Å². The zero-order valence-electron chi connectivity index (χ0n) is 12.7. The molecule has 2 atom stereocenters. The number of benzene rings is 2. The molecule has 4 rings (SSSR count). The van der Waals surface area contributed by atoms with Gasteiger partial charge in [-0.15, -0.1) is 4.39 Å². The van der Waals surface area contributed by atoms with Gasteiger partial charge in [0.1, 0.15) is 11.6 Å². The second-order valence-corrected chi connectivity index (χ2v) is 6.02. The molecule has 0 bridgehead atoms. The molecule has 3 heteroatoms. The zero-order valence-corrected chi connectivity index (χ0v) is 12.7. The van der Waals surface area contributed by atoms with E-state index in [1.165, 1.54) is 36.4 Å². The molecule has 0 N–H and O–H groups in total. The average Bonchev–Trinajstić information content (AvgIpc) is 3.32. The molecule has 1 saturated carbocycles. The molecular weight excluding hydrogens is 309 g/mol. The third-order valence-corrected chi connectivity index (χ3v) is 4.53. The van der Waals surface area contributed by atoms with Crippen LogP contribution in [0.5, 0.6) is 0 Å². The molecule has 2 aromatic carbocycles. The van der Waals surface area contributed by atoms with Crippen molar-refractivity contribution in [2.45, 2.75) is 11.8 Å². The fraction of sp³-hybridized carbons (Fsp3) is 0.0952. The Bertz CT molecular complexity index is 801. The Hall–Kier alpha value is -2.68. The maximum absolute atomic E-state index is 13.2. The van der Waals surface area contributed by atoms with Crippen LogP contribution in [0.25, 0.3) is 0 Å². The van der Waals surface area contributed by atoms with Crippen molar-refractivity contribution in [3.05, 3.63) is 113 Å². The molecule has 0 aromatic heterocycles. The second kappa shape index (κ2) is 5.75. The minimum atomic E-state index is -0.281. The van der Waals surface area contributed by atoms with Crippen LogP contribution in [0.4, 0.5) is 13.2 Å². The highest BCUT2D eigenvalue weighted by molar-refractivity contribution is 5.62. The third-order valence-electron chi connectivity index (χ3n) is 4.53. The Kier molecular flexibility index (Phi) is 3.57. The van der Waals surface area contributed by atoms with Gasteiger partial charge < -0.3 is 0 Å². The lowest BCUT2D eigenvalue weighted by molar-refractivity contribution is 0.626. The number of hydrogen-bond donors (Lipinski definition) is 0.